The van der Waals surface area contributed by atoms with Crippen molar-refractivity contribution < 1.29 is 18.0 Å². The number of rotatable bonds is 4. The first-order chi connectivity index (χ1) is 13.9. The van der Waals surface area contributed by atoms with Gasteiger partial charge in [0.05, 0.1) is 28.0 Å². The lowest BCUT2D eigenvalue weighted by atomic mass is 10.1. The van der Waals surface area contributed by atoms with E-state index in [-0.39, 0.29) is 12.1 Å². The van der Waals surface area contributed by atoms with Crippen molar-refractivity contribution in [2.24, 2.45) is 0 Å². The summed E-state index contributed by atoms with van der Waals surface area (Å²) in [5.41, 5.74) is 0.392. The third-order valence-corrected chi connectivity index (χ3v) is 5.30. The molecule has 2 aromatic carbocycles. The van der Waals surface area contributed by atoms with Gasteiger partial charge in [-0.15, -0.1) is 0 Å². The quantitative estimate of drug-likeness (QED) is 0.440. The van der Waals surface area contributed by atoms with E-state index in [4.69, 9.17) is 0 Å². The molecule has 4 aromatic rings. The molecule has 29 heavy (non-hydrogen) atoms. The molecule has 0 aliphatic carbocycles. The summed E-state index contributed by atoms with van der Waals surface area (Å²) in [7, 11) is 0. The Bertz CT molecular complexity index is 1130. The second-order valence-corrected chi connectivity index (χ2v) is 7.26. The summed E-state index contributed by atoms with van der Waals surface area (Å²) in [5.74, 6) is -0.569. The number of halogens is 3. The van der Waals surface area contributed by atoms with Crippen molar-refractivity contribution in [2.75, 3.05) is 4.90 Å². The Kier molecular flexibility index (Phi) is 5.02. The third kappa shape index (κ3) is 4.12. The maximum Gasteiger partial charge on any atom is 0.416 e. The van der Waals surface area contributed by atoms with E-state index in [0.29, 0.717) is 10.8 Å². The van der Waals surface area contributed by atoms with Gasteiger partial charge in [0, 0.05) is 11.8 Å². The summed E-state index contributed by atoms with van der Waals surface area (Å²) in [6.45, 7) is 0.0930. The zero-order valence-corrected chi connectivity index (χ0v) is 15.7. The van der Waals surface area contributed by atoms with Crippen LogP contribution in [0.1, 0.15) is 21.6 Å². The highest BCUT2D eigenvalue weighted by Gasteiger charge is 2.32. The van der Waals surface area contributed by atoms with Crippen molar-refractivity contribution in [2.45, 2.75) is 12.7 Å². The zero-order valence-electron chi connectivity index (χ0n) is 14.9. The van der Waals surface area contributed by atoms with Gasteiger partial charge in [0.15, 0.2) is 5.13 Å². The van der Waals surface area contributed by atoms with Crippen LogP contribution in [-0.2, 0) is 12.7 Å². The number of amides is 1. The Hall–Kier alpha value is -3.26. The second kappa shape index (κ2) is 7.63. The van der Waals surface area contributed by atoms with Gasteiger partial charge in [-0.1, -0.05) is 35.6 Å². The van der Waals surface area contributed by atoms with E-state index in [9.17, 15) is 18.0 Å². The molecule has 0 saturated heterocycles. The molecule has 0 spiro atoms. The van der Waals surface area contributed by atoms with E-state index in [1.165, 1.54) is 28.4 Å². The van der Waals surface area contributed by atoms with Gasteiger partial charge < -0.3 is 0 Å². The predicted octanol–water partition coefficient (Wildman–Crippen LogP) is 5.56. The largest absolute Gasteiger partial charge is 0.416 e. The smallest absolute Gasteiger partial charge is 0.278 e. The van der Waals surface area contributed by atoms with Gasteiger partial charge in [-0.05, 0) is 42.5 Å². The van der Waals surface area contributed by atoms with Crippen LogP contribution in [0.3, 0.4) is 0 Å². The van der Waals surface area contributed by atoms with Crippen LogP contribution in [0.25, 0.3) is 10.2 Å². The van der Waals surface area contributed by atoms with E-state index in [0.717, 1.165) is 22.3 Å². The molecule has 8 heteroatoms. The van der Waals surface area contributed by atoms with Gasteiger partial charge in [0.25, 0.3) is 5.91 Å². The van der Waals surface area contributed by atoms with E-state index in [1.807, 2.05) is 24.3 Å². The number of nitrogens with zero attached hydrogens (tertiary/aromatic N) is 3. The second-order valence-electron chi connectivity index (χ2n) is 6.26. The van der Waals surface area contributed by atoms with Crippen LogP contribution in [0.4, 0.5) is 18.3 Å². The van der Waals surface area contributed by atoms with E-state index < -0.39 is 17.6 Å². The van der Waals surface area contributed by atoms with Crippen LogP contribution >= 0.6 is 11.3 Å². The summed E-state index contributed by atoms with van der Waals surface area (Å²) >= 11 is 1.30. The van der Waals surface area contributed by atoms with Crippen molar-refractivity contribution >= 4 is 32.6 Å². The minimum Gasteiger partial charge on any atom is -0.278 e. The molecular weight excluding hydrogens is 399 g/mol. The summed E-state index contributed by atoms with van der Waals surface area (Å²) in [6, 6.07) is 17.1. The van der Waals surface area contributed by atoms with Crippen molar-refractivity contribution in [3.05, 3.63) is 89.7 Å². The number of pyridine rings is 1. The van der Waals surface area contributed by atoms with Crippen LogP contribution in [0.2, 0.25) is 0 Å². The number of carbonyl (C=O) groups excluding carboxylic acids is 1. The normalized spacial score (nSPS) is 11.6. The molecule has 2 aromatic heterocycles. The molecule has 0 N–H and O–H groups in total. The average molecular weight is 413 g/mol. The number of hydrogen-bond acceptors (Lipinski definition) is 4. The summed E-state index contributed by atoms with van der Waals surface area (Å²) in [5, 5.41) is 0.402. The Morgan fingerprint density at radius 3 is 2.52 bits per heavy atom. The molecule has 4 nitrogen and oxygen atoms in total. The SMILES string of the molecule is O=C(c1cccc(C(F)(F)F)c1)N(Cc1ccccn1)c1nc2ccccc2s1. The fourth-order valence-electron chi connectivity index (χ4n) is 2.84. The van der Waals surface area contributed by atoms with Gasteiger partial charge in [-0.2, -0.15) is 13.2 Å². The number of para-hydroxylation sites is 1. The van der Waals surface area contributed by atoms with E-state index in [2.05, 4.69) is 9.97 Å². The predicted molar refractivity (Wildman–Crippen MR) is 106 cm³/mol. The van der Waals surface area contributed by atoms with E-state index in [1.54, 1.807) is 24.4 Å². The van der Waals surface area contributed by atoms with Crippen molar-refractivity contribution in [1.29, 1.82) is 0 Å². The molecule has 0 aliphatic rings. The highest BCUT2D eigenvalue weighted by Crippen LogP contribution is 2.32. The minimum absolute atomic E-state index is 0.0602. The van der Waals surface area contributed by atoms with Crippen LogP contribution in [-0.4, -0.2) is 15.9 Å². The first-order valence-corrected chi connectivity index (χ1v) is 9.48. The Labute approximate surface area is 168 Å². The van der Waals surface area contributed by atoms with Crippen LogP contribution in [0.15, 0.2) is 72.9 Å². The Morgan fingerprint density at radius 2 is 1.79 bits per heavy atom. The molecular formula is C21H14F3N3OS. The van der Waals surface area contributed by atoms with Crippen molar-refractivity contribution in [3.63, 3.8) is 0 Å². The lowest BCUT2D eigenvalue weighted by Gasteiger charge is -2.20. The number of aromatic nitrogens is 2. The van der Waals surface area contributed by atoms with Crippen LogP contribution in [0, 0.1) is 0 Å². The number of alkyl halides is 3. The first kappa shape index (κ1) is 19.1. The van der Waals surface area contributed by atoms with Gasteiger partial charge in [0.1, 0.15) is 0 Å². The van der Waals surface area contributed by atoms with Gasteiger partial charge in [-0.25, -0.2) is 4.98 Å². The lowest BCUT2D eigenvalue weighted by molar-refractivity contribution is -0.137. The zero-order chi connectivity index (χ0) is 20.4. The third-order valence-electron chi connectivity index (χ3n) is 4.24. The lowest BCUT2D eigenvalue weighted by Crippen LogP contribution is -2.31. The van der Waals surface area contributed by atoms with Crippen LogP contribution in [0.5, 0.6) is 0 Å². The fraction of sp³-hybridized carbons (Fsp3) is 0.0952. The molecule has 2 heterocycles. The van der Waals surface area contributed by atoms with Crippen LogP contribution < -0.4 is 4.90 Å². The van der Waals surface area contributed by atoms with Crippen molar-refractivity contribution in [1.82, 2.24) is 9.97 Å². The molecule has 146 valence electrons. The molecule has 0 fully saturated rings. The Balaban J connectivity index is 1.76. The number of fused-ring (bicyclic) bond motifs is 1. The minimum atomic E-state index is -4.53. The molecule has 0 bridgehead atoms. The Morgan fingerprint density at radius 1 is 1.00 bits per heavy atom. The molecule has 0 unspecified atom stereocenters. The molecule has 1 amide bonds. The molecule has 0 radical (unpaired) electrons. The number of benzene rings is 2. The average Bonchev–Trinajstić information content (AvgIpc) is 3.16. The maximum absolute atomic E-state index is 13.2. The van der Waals surface area contributed by atoms with Crippen molar-refractivity contribution in [3.8, 4) is 0 Å². The number of carbonyl (C=O) groups is 1. The summed E-state index contributed by atoms with van der Waals surface area (Å²) in [6.07, 6.45) is -2.93. The maximum atomic E-state index is 13.2. The molecule has 4 rings (SSSR count). The molecule has 0 saturated carbocycles. The molecule has 0 atom stereocenters. The van der Waals surface area contributed by atoms with Gasteiger partial charge in [0.2, 0.25) is 0 Å². The highest BCUT2D eigenvalue weighted by molar-refractivity contribution is 7.22. The fourth-order valence-corrected chi connectivity index (χ4v) is 3.80. The molecule has 0 aliphatic heterocycles. The topological polar surface area (TPSA) is 46.1 Å². The summed E-state index contributed by atoms with van der Waals surface area (Å²) < 4.78 is 40.2. The number of hydrogen-bond donors (Lipinski definition) is 0. The summed E-state index contributed by atoms with van der Waals surface area (Å²) in [4.78, 5) is 23.3. The highest BCUT2D eigenvalue weighted by atomic mass is 32.1. The van der Waals surface area contributed by atoms with Gasteiger partial charge >= 0.3 is 6.18 Å². The van der Waals surface area contributed by atoms with Gasteiger partial charge in [-0.3, -0.25) is 14.7 Å². The monoisotopic (exact) mass is 413 g/mol. The standard InChI is InChI=1S/C21H14F3N3OS/c22-21(23,24)15-7-5-6-14(12-15)19(28)27(13-16-8-3-4-11-25-16)20-26-17-9-1-2-10-18(17)29-20/h1-12H,13H2. The number of thiazole rings is 1. The van der Waals surface area contributed by atoms with E-state index >= 15 is 0 Å². The first-order valence-electron chi connectivity index (χ1n) is 8.66. The number of anilines is 1.